The van der Waals surface area contributed by atoms with Crippen molar-refractivity contribution < 1.29 is 9.59 Å². The molecule has 2 amide bonds. The molecule has 5 heteroatoms. The summed E-state index contributed by atoms with van der Waals surface area (Å²) < 4.78 is 0. The van der Waals surface area contributed by atoms with E-state index in [0.29, 0.717) is 24.8 Å². The van der Waals surface area contributed by atoms with Crippen molar-refractivity contribution in [2.75, 3.05) is 19.6 Å². The molecule has 2 saturated heterocycles. The average molecular weight is 355 g/mol. The number of carbonyl (C=O) groups excluding carboxylic acids is 2. The van der Waals surface area contributed by atoms with Crippen LogP contribution in [-0.4, -0.2) is 46.2 Å². The second kappa shape index (κ2) is 6.67. The van der Waals surface area contributed by atoms with Crippen molar-refractivity contribution >= 4 is 11.8 Å². The van der Waals surface area contributed by atoms with E-state index in [1.165, 1.54) is 0 Å². The number of hydrogen-bond donors (Lipinski definition) is 0. The normalized spacial score (nSPS) is 27.7. The minimum atomic E-state index is 0.184. The molecular formula is C21H29N3O2. The van der Waals surface area contributed by atoms with Crippen LogP contribution in [0.1, 0.15) is 50.4 Å². The highest BCUT2D eigenvalue weighted by molar-refractivity contribution is 5.81. The van der Waals surface area contributed by atoms with Crippen LogP contribution in [0.2, 0.25) is 0 Å². The zero-order valence-electron chi connectivity index (χ0n) is 15.9. The van der Waals surface area contributed by atoms with Gasteiger partial charge in [0.15, 0.2) is 0 Å². The molecule has 1 aromatic rings. The van der Waals surface area contributed by atoms with Gasteiger partial charge in [-0.25, -0.2) is 0 Å². The van der Waals surface area contributed by atoms with Crippen LogP contribution in [0.5, 0.6) is 0 Å². The van der Waals surface area contributed by atoms with E-state index in [9.17, 15) is 9.59 Å². The summed E-state index contributed by atoms with van der Waals surface area (Å²) in [5.41, 5.74) is 2.14. The molecule has 2 atom stereocenters. The summed E-state index contributed by atoms with van der Waals surface area (Å²) in [6, 6.07) is 5.99. The number of nitrogens with zero attached hydrogens (tertiary/aromatic N) is 3. The second-order valence-corrected chi connectivity index (χ2v) is 8.66. The molecule has 5 nitrogen and oxygen atoms in total. The summed E-state index contributed by atoms with van der Waals surface area (Å²) in [6.45, 7) is 7.27. The number of carbonyl (C=O) groups is 2. The van der Waals surface area contributed by atoms with Gasteiger partial charge in [0, 0.05) is 37.7 Å². The highest BCUT2D eigenvalue weighted by Crippen LogP contribution is 2.43. The van der Waals surface area contributed by atoms with Gasteiger partial charge < -0.3 is 9.80 Å². The molecule has 0 N–H and O–H groups in total. The molecule has 26 heavy (non-hydrogen) atoms. The molecule has 3 heterocycles. The Balaban J connectivity index is 1.38. The van der Waals surface area contributed by atoms with Gasteiger partial charge in [0.2, 0.25) is 11.8 Å². The van der Waals surface area contributed by atoms with Gasteiger partial charge in [-0.2, -0.15) is 0 Å². The smallest absolute Gasteiger partial charge is 0.225 e. The first-order chi connectivity index (χ1) is 12.5. The Labute approximate surface area is 155 Å². The Kier molecular flexibility index (Phi) is 4.49. The van der Waals surface area contributed by atoms with Crippen LogP contribution in [-0.2, 0) is 16.1 Å². The number of amides is 2. The maximum absolute atomic E-state index is 12.5. The Bertz CT molecular complexity index is 709. The van der Waals surface area contributed by atoms with Gasteiger partial charge in [-0.1, -0.05) is 13.0 Å². The summed E-state index contributed by atoms with van der Waals surface area (Å²) >= 11 is 0. The van der Waals surface area contributed by atoms with Crippen molar-refractivity contribution in [2.24, 2.45) is 17.3 Å². The van der Waals surface area contributed by atoms with Gasteiger partial charge in [0.25, 0.3) is 0 Å². The topological polar surface area (TPSA) is 53.5 Å². The van der Waals surface area contributed by atoms with Gasteiger partial charge in [0.05, 0.1) is 12.2 Å². The number of aryl methyl sites for hydroxylation is 1. The van der Waals surface area contributed by atoms with Gasteiger partial charge in [-0.05, 0) is 56.1 Å². The van der Waals surface area contributed by atoms with Crippen molar-refractivity contribution in [3.8, 4) is 0 Å². The number of pyridine rings is 1. The Morgan fingerprint density at radius 1 is 1.27 bits per heavy atom. The molecule has 1 aromatic heterocycles. The maximum atomic E-state index is 12.5. The zero-order valence-corrected chi connectivity index (χ0v) is 15.9. The van der Waals surface area contributed by atoms with Crippen molar-refractivity contribution in [2.45, 2.75) is 52.5 Å². The lowest BCUT2D eigenvalue weighted by Gasteiger charge is -2.47. The van der Waals surface area contributed by atoms with Crippen molar-refractivity contribution in [3.05, 3.63) is 29.6 Å². The third-order valence-corrected chi connectivity index (χ3v) is 6.61. The van der Waals surface area contributed by atoms with Crippen LogP contribution in [0.25, 0.3) is 0 Å². The zero-order chi connectivity index (χ0) is 18.3. The van der Waals surface area contributed by atoms with E-state index in [0.717, 1.165) is 56.7 Å². The van der Waals surface area contributed by atoms with Gasteiger partial charge in [0.1, 0.15) is 0 Å². The molecule has 1 spiro atoms. The Morgan fingerprint density at radius 3 is 2.65 bits per heavy atom. The molecule has 0 unspecified atom stereocenters. The molecule has 3 fully saturated rings. The number of rotatable bonds is 3. The molecule has 140 valence electrons. The summed E-state index contributed by atoms with van der Waals surface area (Å²) in [7, 11) is 0. The fraction of sp³-hybridized carbons (Fsp3) is 0.667. The lowest BCUT2D eigenvalue weighted by Crippen LogP contribution is -2.52. The maximum Gasteiger partial charge on any atom is 0.225 e. The van der Waals surface area contributed by atoms with E-state index >= 15 is 0 Å². The molecule has 0 aromatic carbocycles. The van der Waals surface area contributed by atoms with Crippen molar-refractivity contribution in [1.29, 1.82) is 0 Å². The van der Waals surface area contributed by atoms with Gasteiger partial charge >= 0.3 is 0 Å². The average Bonchev–Trinajstić information content (AvgIpc) is 3.35. The Morgan fingerprint density at radius 2 is 2.00 bits per heavy atom. The fourth-order valence-corrected chi connectivity index (χ4v) is 4.64. The van der Waals surface area contributed by atoms with Gasteiger partial charge in [-0.15, -0.1) is 0 Å². The third kappa shape index (κ3) is 3.49. The number of hydrogen-bond acceptors (Lipinski definition) is 3. The highest BCUT2D eigenvalue weighted by Gasteiger charge is 2.45. The predicted molar refractivity (Wildman–Crippen MR) is 99.1 cm³/mol. The summed E-state index contributed by atoms with van der Waals surface area (Å²) in [5.74, 6) is 1.45. The fourth-order valence-electron chi connectivity index (χ4n) is 4.64. The van der Waals surface area contributed by atoms with E-state index in [1.54, 1.807) is 0 Å². The number of piperidine rings is 2. The summed E-state index contributed by atoms with van der Waals surface area (Å²) in [4.78, 5) is 33.6. The molecular weight excluding hydrogens is 326 g/mol. The molecule has 1 saturated carbocycles. The molecule has 4 rings (SSSR count). The van der Waals surface area contributed by atoms with E-state index in [2.05, 4.69) is 16.8 Å². The van der Waals surface area contributed by atoms with Crippen molar-refractivity contribution in [1.82, 2.24) is 14.8 Å². The Hall–Kier alpha value is -1.91. The highest BCUT2D eigenvalue weighted by atomic mass is 16.2. The first-order valence-corrected chi connectivity index (χ1v) is 9.95. The molecule has 0 radical (unpaired) electrons. The first kappa shape index (κ1) is 17.5. The number of likely N-dealkylation sites (tertiary alicyclic amines) is 2. The van der Waals surface area contributed by atoms with Crippen LogP contribution >= 0.6 is 0 Å². The second-order valence-electron chi connectivity index (χ2n) is 8.66. The molecule has 1 aliphatic carbocycles. The van der Waals surface area contributed by atoms with E-state index < -0.39 is 0 Å². The van der Waals surface area contributed by atoms with E-state index in [-0.39, 0.29) is 17.2 Å². The minimum absolute atomic E-state index is 0.184. The summed E-state index contributed by atoms with van der Waals surface area (Å²) in [5, 5.41) is 0. The number of aromatic nitrogens is 1. The van der Waals surface area contributed by atoms with Crippen LogP contribution in [0.4, 0.5) is 0 Å². The van der Waals surface area contributed by atoms with Crippen LogP contribution in [0.3, 0.4) is 0 Å². The lowest BCUT2D eigenvalue weighted by atomic mass is 9.72. The standard InChI is InChI=1S/C21H29N3O2/c1-15-12-18(15)20(26)23-10-8-21(9-11-23)7-6-19(25)24(14-21)13-17-5-3-4-16(2)22-17/h3-5,15,18H,6-14H2,1-2H3/t15-,18+/m0/s1. The van der Waals surface area contributed by atoms with E-state index in [4.69, 9.17) is 0 Å². The lowest BCUT2D eigenvalue weighted by molar-refractivity contribution is -0.143. The summed E-state index contributed by atoms with van der Waals surface area (Å²) in [6.07, 6.45) is 4.69. The minimum Gasteiger partial charge on any atom is -0.342 e. The van der Waals surface area contributed by atoms with Crippen molar-refractivity contribution in [3.63, 3.8) is 0 Å². The van der Waals surface area contributed by atoms with Gasteiger partial charge in [-0.3, -0.25) is 14.6 Å². The largest absolute Gasteiger partial charge is 0.342 e. The van der Waals surface area contributed by atoms with E-state index in [1.807, 2.05) is 30.0 Å². The van der Waals surface area contributed by atoms with Crippen LogP contribution < -0.4 is 0 Å². The molecule has 2 aliphatic heterocycles. The predicted octanol–water partition coefficient (Wildman–Crippen LogP) is 2.78. The molecule has 3 aliphatic rings. The van der Waals surface area contributed by atoms with Crippen LogP contribution in [0.15, 0.2) is 18.2 Å². The molecule has 0 bridgehead atoms. The van der Waals surface area contributed by atoms with Crippen LogP contribution in [0, 0.1) is 24.2 Å². The SMILES string of the molecule is Cc1cccc(CN2CC3(CCC2=O)CCN(C(=O)[C@@H]2C[C@@H]2C)CC3)n1. The monoisotopic (exact) mass is 355 g/mol. The first-order valence-electron chi connectivity index (χ1n) is 9.95. The third-order valence-electron chi connectivity index (χ3n) is 6.61. The quantitative estimate of drug-likeness (QED) is 0.838.